The van der Waals surface area contributed by atoms with E-state index in [1.54, 1.807) is 0 Å². The van der Waals surface area contributed by atoms with Crippen molar-refractivity contribution in [3.8, 4) is 0 Å². The second-order valence-corrected chi connectivity index (χ2v) is 5.65. The third-order valence-corrected chi connectivity index (χ3v) is 3.78. The van der Waals surface area contributed by atoms with Crippen LogP contribution in [0.25, 0.3) is 0 Å². The van der Waals surface area contributed by atoms with Crippen LogP contribution in [0.4, 0.5) is 0 Å². The summed E-state index contributed by atoms with van der Waals surface area (Å²) in [5.74, 6) is 1.80. The van der Waals surface area contributed by atoms with Crippen molar-refractivity contribution >= 4 is 0 Å². The van der Waals surface area contributed by atoms with Crippen LogP contribution in [0.3, 0.4) is 0 Å². The number of likely N-dealkylation sites (N-methyl/N-ethyl adjacent to an activating group) is 1. The van der Waals surface area contributed by atoms with Crippen LogP contribution in [-0.2, 0) is 13.1 Å². The monoisotopic (exact) mass is 251 g/mol. The number of nitrogens with one attached hydrogen (secondary N) is 1. The van der Waals surface area contributed by atoms with Crippen LogP contribution >= 0.6 is 0 Å². The van der Waals surface area contributed by atoms with E-state index in [0.29, 0.717) is 6.04 Å². The van der Waals surface area contributed by atoms with Gasteiger partial charge < -0.3 is 14.6 Å². The van der Waals surface area contributed by atoms with Crippen LogP contribution < -0.4 is 5.32 Å². The third kappa shape index (κ3) is 3.13. The smallest absolute Gasteiger partial charge is 0.118 e. The van der Waals surface area contributed by atoms with Crippen LogP contribution in [0.15, 0.2) is 16.7 Å². The molecule has 0 amide bonds. The fraction of sp³-hybridized carbons (Fsp3) is 0.714. The summed E-state index contributed by atoms with van der Waals surface area (Å²) in [6.07, 6.45) is 1.86. The van der Waals surface area contributed by atoms with Gasteiger partial charge in [-0.1, -0.05) is 6.92 Å². The first-order valence-electron chi connectivity index (χ1n) is 6.70. The lowest BCUT2D eigenvalue weighted by Crippen LogP contribution is -2.34. The minimum absolute atomic E-state index is 0.664. The summed E-state index contributed by atoms with van der Waals surface area (Å²) in [5.41, 5.74) is 1.23. The Bertz CT molecular complexity index is 375. The van der Waals surface area contributed by atoms with Crippen LogP contribution in [-0.4, -0.2) is 50.1 Å². The fourth-order valence-electron chi connectivity index (χ4n) is 2.88. The molecule has 0 radical (unpaired) electrons. The molecule has 2 atom stereocenters. The van der Waals surface area contributed by atoms with Gasteiger partial charge in [0.1, 0.15) is 5.76 Å². The molecule has 0 aromatic carbocycles. The normalized spacial score (nSPS) is 25.2. The second kappa shape index (κ2) is 5.87. The van der Waals surface area contributed by atoms with E-state index in [1.807, 2.05) is 13.3 Å². The van der Waals surface area contributed by atoms with Crippen LogP contribution in [0, 0.1) is 5.92 Å². The number of hydrogen-bond acceptors (Lipinski definition) is 4. The molecule has 1 aliphatic rings. The van der Waals surface area contributed by atoms with Gasteiger partial charge >= 0.3 is 0 Å². The molecular weight excluding hydrogens is 226 g/mol. The Morgan fingerprint density at radius 3 is 2.83 bits per heavy atom. The van der Waals surface area contributed by atoms with Gasteiger partial charge in [0.25, 0.3) is 0 Å². The molecule has 1 aromatic rings. The first-order valence-corrected chi connectivity index (χ1v) is 6.70. The minimum Gasteiger partial charge on any atom is -0.468 e. The zero-order chi connectivity index (χ0) is 13.1. The van der Waals surface area contributed by atoms with Gasteiger partial charge in [-0.25, -0.2) is 0 Å². The molecule has 1 saturated heterocycles. The quantitative estimate of drug-likeness (QED) is 0.857. The average molecular weight is 251 g/mol. The summed E-state index contributed by atoms with van der Waals surface area (Å²) in [5, 5.41) is 3.14. The minimum atomic E-state index is 0.664. The van der Waals surface area contributed by atoms with E-state index in [4.69, 9.17) is 4.42 Å². The number of furan rings is 1. The predicted octanol–water partition coefficient (Wildman–Crippen LogP) is 1.38. The van der Waals surface area contributed by atoms with Gasteiger partial charge in [0.05, 0.1) is 12.8 Å². The lowest BCUT2D eigenvalue weighted by atomic mass is 10.1. The molecule has 102 valence electrons. The summed E-state index contributed by atoms with van der Waals surface area (Å²) < 4.78 is 5.61. The molecule has 4 nitrogen and oxygen atoms in total. The Morgan fingerprint density at radius 2 is 2.22 bits per heavy atom. The summed E-state index contributed by atoms with van der Waals surface area (Å²) in [7, 11) is 6.29. The van der Waals surface area contributed by atoms with Gasteiger partial charge in [-0.2, -0.15) is 0 Å². The summed E-state index contributed by atoms with van der Waals surface area (Å²) in [4.78, 5) is 4.82. The Hall–Kier alpha value is -0.840. The van der Waals surface area contributed by atoms with E-state index < -0.39 is 0 Å². The number of rotatable bonds is 5. The molecular formula is C14H25N3O. The molecule has 2 heterocycles. The standard InChI is InChI=1S/C14H25N3O/c1-11-7-17(9-14(11)16(3)4)8-13-5-12(6-15-2)10-18-13/h5,10-11,14-15H,6-9H2,1-4H3. The molecule has 4 heteroatoms. The second-order valence-electron chi connectivity index (χ2n) is 5.65. The SMILES string of the molecule is CNCc1coc(CN2CC(C)C(N(C)C)C2)c1. The van der Waals surface area contributed by atoms with Crippen molar-refractivity contribution in [3.63, 3.8) is 0 Å². The van der Waals surface area contributed by atoms with E-state index >= 15 is 0 Å². The third-order valence-electron chi connectivity index (χ3n) is 3.78. The Labute approximate surface area is 110 Å². The molecule has 1 aromatic heterocycles. The van der Waals surface area contributed by atoms with Gasteiger partial charge in [-0.15, -0.1) is 0 Å². The maximum absolute atomic E-state index is 5.61. The highest BCUT2D eigenvalue weighted by Gasteiger charge is 2.31. The molecule has 1 N–H and O–H groups in total. The number of nitrogens with zero attached hydrogens (tertiary/aromatic N) is 2. The first kappa shape index (κ1) is 13.6. The van der Waals surface area contributed by atoms with Crippen molar-refractivity contribution in [2.24, 2.45) is 5.92 Å². The maximum Gasteiger partial charge on any atom is 0.118 e. The van der Waals surface area contributed by atoms with Gasteiger partial charge in [0.2, 0.25) is 0 Å². The average Bonchev–Trinajstić information content (AvgIpc) is 2.87. The van der Waals surface area contributed by atoms with Crippen molar-refractivity contribution < 1.29 is 4.42 Å². The van der Waals surface area contributed by atoms with E-state index in [9.17, 15) is 0 Å². The lowest BCUT2D eigenvalue weighted by Gasteiger charge is -2.22. The summed E-state index contributed by atoms with van der Waals surface area (Å²) in [6.45, 7) is 6.43. The van der Waals surface area contributed by atoms with Crippen LogP contribution in [0.5, 0.6) is 0 Å². The van der Waals surface area contributed by atoms with E-state index in [1.165, 1.54) is 5.56 Å². The van der Waals surface area contributed by atoms with Gasteiger partial charge in [-0.3, -0.25) is 4.90 Å². The molecule has 1 fully saturated rings. The highest BCUT2D eigenvalue weighted by atomic mass is 16.3. The van der Waals surface area contributed by atoms with E-state index in [0.717, 1.165) is 37.9 Å². The van der Waals surface area contributed by atoms with Crippen LogP contribution in [0.2, 0.25) is 0 Å². The van der Waals surface area contributed by atoms with Crippen molar-refractivity contribution in [1.29, 1.82) is 0 Å². The number of hydrogen-bond donors (Lipinski definition) is 1. The zero-order valence-electron chi connectivity index (χ0n) is 11.9. The van der Waals surface area contributed by atoms with Crippen molar-refractivity contribution in [1.82, 2.24) is 15.1 Å². The Morgan fingerprint density at radius 1 is 1.44 bits per heavy atom. The lowest BCUT2D eigenvalue weighted by molar-refractivity contribution is 0.244. The molecule has 1 aliphatic heterocycles. The van der Waals surface area contributed by atoms with Crippen molar-refractivity contribution in [2.75, 3.05) is 34.2 Å². The predicted molar refractivity (Wildman–Crippen MR) is 73.4 cm³/mol. The van der Waals surface area contributed by atoms with E-state index in [2.05, 4.69) is 42.2 Å². The molecule has 2 rings (SSSR count). The zero-order valence-corrected chi connectivity index (χ0v) is 11.9. The van der Waals surface area contributed by atoms with E-state index in [-0.39, 0.29) is 0 Å². The highest BCUT2D eigenvalue weighted by molar-refractivity contribution is 5.12. The topological polar surface area (TPSA) is 31.7 Å². The molecule has 0 aliphatic carbocycles. The molecule has 2 unspecified atom stereocenters. The molecule has 0 bridgehead atoms. The largest absolute Gasteiger partial charge is 0.468 e. The molecule has 0 saturated carbocycles. The Balaban J connectivity index is 1.90. The Kier molecular flexibility index (Phi) is 4.43. The molecule has 0 spiro atoms. The van der Waals surface area contributed by atoms with Gasteiger partial charge in [0, 0.05) is 31.2 Å². The summed E-state index contributed by atoms with van der Waals surface area (Å²) >= 11 is 0. The molecule has 18 heavy (non-hydrogen) atoms. The maximum atomic E-state index is 5.61. The fourth-order valence-corrected chi connectivity index (χ4v) is 2.88. The highest BCUT2D eigenvalue weighted by Crippen LogP contribution is 2.22. The van der Waals surface area contributed by atoms with Crippen molar-refractivity contribution in [3.05, 3.63) is 23.7 Å². The van der Waals surface area contributed by atoms with Crippen LogP contribution in [0.1, 0.15) is 18.2 Å². The van der Waals surface area contributed by atoms with Gasteiger partial charge in [-0.05, 0) is 33.1 Å². The van der Waals surface area contributed by atoms with Gasteiger partial charge in [0.15, 0.2) is 0 Å². The number of likely N-dealkylation sites (tertiary alicyclic amines) is 1. The summed E-state index contributed by atoms with van der Waals surface area (Å²) in [6, 6.07) is 2.82. The first-order chi connectivity index (χ1) is 8.60. The van der Waals surface area contributed by atoms with Crippen molar-refractivity contribution in [2.45, 2.75) is 26.1 Å².